The lowest BCUT2D eigenvalue weighted by molar-refractivity contribution is -0.117. The minimum absolute atomic E-state index is 0.231. The number of nitrogens with zero attached hydrogens (tertiary/aromatic N) is 2. The van der Waals surface area contributed by atoms with Gasteiger partial charge in [-0.2, -0.15) is 5.26 Å². The van der Waals surface area contributed by atoms with Crippen molar-refractivity contribution >= 4 is 52.5 Å². The van der Waals surface area contributed by atoms with Gasteiger partial charge in [-0.3, -0.25) is 14.5 Å². The zero-order chi connectivity index (χ0) is 20.4. The van der Waals surface area contributed by atoms with E-state index in [4.69, 9.17) is 28.9 Å². The lowest BCUT2D eigenvalue weighted by Crippen LogP contribution is -2.31. The lowest BCUT2D eigenvalue weighted by atomic mass is 10.1. The second kappa shape index (κ2) is 8.27. The molecule has 1 aliphatic rings. The summed E-state index contributed by atoms with van der Waals surface area (Å²) in [7, 11) is 0. The zero-order valence-electron chi connectivity index (χ0n) is 14.8. The van der Waals surface area contributed by atoms with Crippen molar-refractivity contribution in [3.63, 3.8) is 0 Å². The molecule has 0 aliphatic carbocycles. The zero-order valence-corrected chi connectivity index (χ0v) is 17.1. The SMILES string of the molecule is Cc1cccc(N2C(=O)C(Cc3ccc(Cl)c(Cl)c3)S/C2=C(/C#N)C(N)=O)c1. The van der Waals surface area contributed by atoms with E-state index in [1.807, 2.05) is 31.2 Å². The van der Waals surface area contributed by atoms with Crippen molar-refractivity contribution in [2.75, 3.05) is 4.90 Å². The van der Waals surface area contributed by atoms with Gasteiger partial charge in [0.15, 0.2) is 0 Å². The maximum absolute atomic E-state index is 13.2. The molecule has 1 fully saturated rings. The van der Waals surface area contributed by atoms with Gasteiger partial charge in [0.1, 0.15) is 16.7 Å². The third kappa shape index (κ3) is 4.02. The third-order valence-electron chi connectivity index (χ3n) is 4.19. The highest BCUT2D eigenvalue weighted by Gasteiger charge is 2.40. The van der Waals surface area contributed by atoms with Crippen molar-refractivity contribution in [2.45, 2.75) is 18.6 Å². The molecular formula is C20H15Cl2N3O2S. The Bertz CT molecular complexity index is 1050. The molecule has 2 amide bonds. The van der Waals surface area contributed by atoms with Crippen LogP contribution in [0.4, 0.5) is 5.69 Å². The second-order valence-electron chi connectivity index (χ2n) is 6.23. The van der Waals surface area contributed by atoms with E-state index in [1.54, 1.807) is 24.3 Å². The Morgan fingerprint density at radius 3 is 2.61 bits per heavy atom. The Balaban J connectivity index is 2.04. The van der Waals surface area contributed by atoms with Crippen LogP contribution >= 0.6 is 35.0 Å². The summed E-state index contributed by atoms with van der Waals surface area (Å²) in [5.41, 5.74) is 7.48. The van der Waals surface area contributed by atoms with Crippen molar-refractivity contribution in [3.8, 4) is 6.07 Å². The van der Waals surface area contributed by atoms with Crippen LogP contribution in [0.3, 0.4) is 0 Å². The normalized spacial score (nSPS) is 18.1. The molecule has 5 nitrogen and oxygen atoms in total. The van der Waals surface area contributed by atoms with Gasteiger partial charge < -0.3 is 5.73 Å². The Labute approximate surface area is 176 Å². The Morgan fingerprint density at radius 1 is 1.25 bits per heavy atom. The largest absolute Gasteiger partial charge is 0.365 e. The smallest absolute Gasteiger partial charge is 0.262 e. The fraction of sp³-hybridized carbons (Fsp3) is 0.150. The number of hydrogen-bond acceptors (Lipinski definition) is 4. The summed E-state index contributed by atoms with van der Waals surface area (Å²) in [6.45, 7) is 1.90. The molecule has 2 N–H and O–H groups in total. The maximum Gasteiger partial charge on any atom is 0.262 e. The molecular weight excluding hydrogens is 417 g/mol. The summed E-state index contributed by atoms with van der Waals surface area (Å²) in [6, 6.07) is 14.3. The number of anilines is 1. The van der Waals surface area contributed by atoms with Crippen molar-refractivity contribution in [1.82, 2.24) is 0 Å². The van der Waals surface area contributed by atoms with Crippen LogP contribution in [0.15, 0.2) is 53.1 Å². The van der Waals surface area contributed by atoms with E-state index in [9.17, 15) is 14.9 Å². The van der Waals surface area contributed by atoms with E-state index in [1.165, 1.54) is 4.90 Å². The number of rotatable bonds is 4. The van der Waals surface area contributed by atoms with Crippen LogP contribution in [-0.2, 0) is 16.0 Å². The highest BCUT2D eigenvalue weighted by Crippen LogP contribution is 2.42. The lowest BCUT2D eigenvalue weighted by Gasteiger charge is -2.18. The van der Waals surface area contributed by atoms with E-state index in [0.29, 0.717) is 22.2 Å². The molecule has 0 aromatic heterocycles. The number of aryl methyl sites for hydroxylation is 1. The van der Waals surface area contributed by atoms with Gasteiger partial charge in [-0.15, -0.1) is 0 Å². The third-order valence-corrected chi connectivity index (χ3v) is 6.19. The standard InChI is InChI=1S/C20H15Cl2N3O2S/c1-11-3-2-4-13(7-11)25-19(27)17(28-20(25)14(10-23)18(24)26)9-12-5-6-15(21)16(22)8-12/h2-8,17H,9H2,1H3,(H2,24,26)/b20-14-. The molecule has 1 saturated heterocycles. The maximum atomic E-state index is 13.2. The first-order chi connectivity index (χ1) is 13.3. The average molecular weight is 432 g/mol. The topological polar surface area (TPSA) is 87.2 Å². The predicted molar refractivity (Wildman–Crippen MR) is 112 cm³/mol. The molecule has 1 aliphatic heterocycles. The summed E-state index contributed by atoms with van der Waals surface area (Å²) in [6.07, 6.45) is 0.365. The Kier molecular flexibility index (Phi) is 5.99. The molecule has 142 valence electrons. The number of primary amides is 1. The first kappa shape index (κ1) is 20.3. The molecule has 0 radical (unpaired) electrons. The van der Waals surface area contributed by atoms with Crippen LogP contribution in [0.2, 0.25) is 10.0 Å². The van der Waals surface area contributed by atoms with E-state index < -0.39 is 11.2 Å². The molecule has 2 aromatic carbocycles. The molecule has 8 heteroatoms. The van der Waals surface area contributed by atoms with Gasteiger partial charge in [0.25, 0.3) is 5.91 Å². The number of nitrogens with two attached hydrogens (primary N) is 1. The van der Waals surface area contributed by atoms with Gasteiger partial charge in [0.2, 0.25) is 5.91 Å². The summed E-state index contributed by atoms with van der Waals surface area (Å²) < 4.78 is 0. The van der Waals surface area contributed by atoms with E-state index in [0.717, 1.165) is 22.9 Å². The minimum Gasteiger partial charge on any atom is -0.365 e. The number of benzene rings is 2. The molecule has 0 bridgehead atoms. The van der Waals surface area contributed by atoms with Crippen LogP contribution in [0.25, 0.3) is 0 Å². The van der Waals surface area contributed by atoms with E-state index >= 15 is 0 Å². The molecule has 0 spiro atoms. The van der Waals surface area contributed by atoms with Crippen LogP contribution in [0, 0.1) is 18.3 Å². The van der Waals surface area contributed by atoms with Gasteiger partial charge in [-0.25, -0.2) is 0 Å². The van der Waals surface area contributed by atoms with Gasteiger partial charge in [0, 0.05) is 5.69 Å². The second-order valence-corrected chi connectivity index (χ2v) is 8.23. The minimum atomic E-state index is -0.870. The van der Waals surface area contributed by atoms with Gasteiger partial charge in [-0.05, 0) is 48.7 Å². The molecule has 0 saturated carbocycles. The molecule has 28 heavy (non-hydrogen) atoms. The quantitative estimate of drug-likeness (QED) is 0.579. The summed E-state index contributed by atoms with van der Waals surface area (Å²) >= 11 is 13.2. The predicted octanol–water partition coefficient (Wildman–Crippen LogP) is 4.21. The molecule has 1 atom stereocenters. The van der Waals surface area contributed by atoms with Crippen LogP contribution in [0.1, 0.15) is 11.1 Å². The Morgan fingerprint density at radius 2 is 2.00 bits per heavy atom. The van der Waals surface area contributed by atoms with E-state index in [-0.39, 0.29) is 16.5 Å². The Hall–Kier alpha value is -2.46. The fourth-order valence-electron chi connectivity index (χ4n) is 2.88. The number of thioether (sulfide) groups is 1. The van der Waals surface area contributed by atoms with Crippen molar-refractivity contribution in [3.05, 3.63) is 74.2 Å². The van der Waals surface area contributed by atoms with Crippen molar-refractivity contribution < 1.29 is 9.59 Å². The number of nitriles is 1. The van der Waals surface area contributed by atoms with Crippen molar-refractivity contribution in [1.29, 1.82) is 5.26 Å². The average Bonchev–Trinajstić information content (AvgIpc) is 2.94. The molecule has 1 heterocycles. The van der Waals surface area contributed by atoms with Crippen LogP contribution < -0.4 is 10.6 Å². The number of amides is 2. The monoisotopic (exact) mass is 431 g/mol. The number of carbonyl (C=O) groups excluding carboxylic acids is 2. The van der Waals surface area contributed by atoms with Crippen molar-refractivity contribution in [2.24, 2.45) is 5.73 Å². The van der Waals surface area contributed by atoms with Crippen LogP contribution in [-0.4, -0.2) is 17.1 Å². The highest BCUT2D eigenvalue weighted by atomic mass is 35.5. The van der Waals surface area contributed by atoms with Gasteiger partial charge in [0.05, 0.1) is 15.3 Å². The van der Waals surface area contributed by atoms with E-state index in [2.05, 4.69) is 0 Å². The van der Waals surface area contributed by atoms with Crippen LogP contribution in [0.5, 0.6) is 0 Å². The van der Waals surface area contributed by atoms with Gasteiger partial charge in [-0.1, -0.05) is 53.2 Å². The molecule has 2 aromatic rings. The summed E-state index contributed by atoms with van der Waals surface area (Å²) in [4.78, 5) is 26.3. The number of hydrogen-bond donors (Lipinski definition) is 1. The summed E-state index contributed by atoms with van der Waals surface area (Å²) in [5, 5.41) is 9.96. The molecule has 3 rings (SSSR count). The number of carbonyl (C=O) groups is 2. The highest BCUT2D eigenvalue weighted by molar-refractivity contribution is 8.05. The number of halogens is 2. The summed E-state index contributed by atoms with van der Waals surface area (Å²) in [5.74, 6) is -1.10. The first-order valence-corrected chi connectivity index (χ1v) is 9.90. The molecule has 1 unspecified atom stereocenters. The first-order valence-electron chi connectivity index (χ1n) is 8.27. The van der Waals surface area contributed by atoms with Gasteiger partial charge >= 0.3 is 0 Å². The fourth-order valence-corrected chi connectivity index (χ4v) is 4.52.